The van der Waals surface area contributed by atoms with E-state index < -0.39 is 8.32 Å². The summed E-state index contributed by atoms with van der Waals surface area (Å²) in [6.07, 6.45) is 4.99. The van der Waals surface area contributed by atoms with Gasteiger partial charge >= 0.3 is 5.97 Å². The molecule has 0 spiro atoms. The van der Waals surface area contributed by atoms with Crippen molar-refractivity contribution in [1.29, 1.82) is 0 Å². The Labute approximate surface area is 228 Å². The standard InChI is InChI=1S/C27H36IN3O4Si/c1-18(32)34-22-14-24(35-23(22)16-33-36(5,6)27(2,3)4)31-15-20(28)25-21(29-17-30-26(25)31)13-12-19-10-8-7-9-11-19/h7-11,15,17,22-24H,12-14,16H2,1-6H3. The van der Waals surface area contributed by atoms with Crippen LogP contribution in [0.25, 0.3) is 11.0 Å². The number of aromatic nitrogens is 3. The molecule has 0 saturated carbocycles. The van der Waals surface area contributed by atoms with Gasteiger partial charge in [0.25, 0.3) is 0 Å². The highest BCUT2D eigenvalue weighted by molar-refractivity contribution is 14.1. The number of nitrogens with zero attached hydrogens (tertiary/aromatic N) is 3. The summed E-state index contributed by atoms with van der Waals surface area (Å²) in [4.78, 5) is 21.1. The molecule has 4 rings (SSSR count). The first-order valence-corrected chi connectivity index (χ1v) is 16.5. The third-order valence-corrected chi connectivity index (χ3v) is 12.7. The Hall–Kier alpha value is -1.82. The summed E-state index contributed by atoms with van der Waals surface area (Å²) in [6, 6.07) is 10.4. The average Bonchev–Trinajstić information content (AvgIpc) is 3.36. The molecule has 7 nitrogen and oxygen atoms in total. The minimum absolute atomic E-state index is 0.0851. The molecule has 0 amide bonds. The smallest absolute Gasteiger partial charge is 0.302 e. The number of ether oxygens (including phenoxy) is 2. The molecule has 9 heteroatoms. The Balaban J connectivity index is 1.56. The van der Waals surface area contributed by atoms with Crippen molar-refractivity contribution in [2.75, 3.05) is 6.61 Å². The number of esters is 1. The lowest BCUT2D eigenvalue weighted by molar-refractivity contribution is -0.150. The van der Waals surface area contributed by atoms with Gasteiger partial charge in [-0.25, -0.2) is 9.97 Å². The Morgan fingerprint density at radius 1 is 1.19 bits per heavy atom. The van der Waals surface area contributed by atoms with Gasteiger partial charge < -0.3 is 18.5 Å². The lowest BCUT2D eigenvalue weighted by Gasteiger charge is -2.37. The van der Waals surface area contributed by atoms with Crippen molar-refractivity contribution >= 4 is 47.9 Å². The summed E-state index contributed by atoms with van der Waals surface area (Å²) in [5, 5.41) is 1.14. The van der Waals surface area contributed by atoms with Gasteiger partial charge in [-0.15, -0.1) is 0 Å². The van der Waals surface area contributed by atoms with Crippen LogP contribution in [0.3, 0.4) is 0 Å². The Morgan fingerprint density at radius 3 is 2.58 bits per heavy atom. The summed E-state index contributed by atoms with van der Waals surface area (Å²) < 4.78 is 21.8. The van der Waals surface area contributed by atoms with Gasteiger partial charge in [0.2, 0.25) is 0 Å². The number of hydrogen-bond donors (Lipinski definition) is 0. The van der Waals surface area contributed by atoms with Crippen molar-refractivity contribution in [2.24, 2.45) is 0 Å². The maximum Gasteiger partial charge on any atom is 0.302 e. The molecule has 3 unspecified atom stereocenters. The second kappa shape index (κ2) is 10.9. The van der Waals surface area contributed by atoms with Crippen LogP contribution >= 0.6 is 22.6 Å². The summed E-state index contributed by atoms with van der Waals surface area (Å²) in [5.41, 5.74) is 3.15. The molecule has 1 fully saturated rings. The molecular formula is C27H36IN3O4Si. The lowest BCUT2D eigenvalue weighted by atomic mass is 10.1. The predicted molar refractivity (Wildman–Crippen MR) is 151 cm³/mol. The fourth-order valence-electron chi connectivity index (χ4n) is 4.28. The number of fused-ring (bicyclic) bond motifs is 1. The zero-order valence-corrected chi connectivity index (χ0v) is 25.1. The highest BCUT2D eigenvalue weighted by atomic mass is 127. The van der Waals surface area contributed by atoms with Crippen LogP contribution in [0.1, 0.15) is 51.6 Å². The van der Waals surface area contributed by atoms with Gasteiger partial charge in [0.15, 0.2) is 8.32 Å². The summed E-state index contributed by atoms with van der Waals surface area (Å²) in [7, 11) is -1.98. The molecule has 1 saturated heterocycles. The van der Waals surface area contributed by atoms with E-state index in [1.807, 2.05) is 6.07 Å². The van der Waals surface area contributed by atoms with Crippen molar-refractivity contribution in [1.82, 2.24) is 14.5 Å². The lowest BCUT2D eigenvalue weighted by Crippen LogP contribution is -2.44. The second-order valence-corrected chi connectivity index (χ2v) is 16.9. The van der Waals surface area contributed by atoms with E-state index in [1.54, 1.807) is 6.33 Å². The molecule has 0 N–H and O–H groups in total. The Morgan fingerprint density at radius 2 is 1.92 bits per heavy atom. The third-order valence-electron chi connectivity index (χ3n) is 7.36. The second-order valence-electron chi connectivity index (χ2n) is 11.0. The molecule has 2 aromatic heterocycles. The van der Waals surface area contributed by atoms with E-state index in [4.69, 9.17) is 13.9 Å². The van der Waals surface area contributed by atoms with Crippen LogP contribution < -0.4 is 0 Å². The maximum atomic E-state index is 11.9. The number of hydrogen-bond acceptors (Lipinski definition) is 6. The maximum absolute atomic E-state index is 11.9. The normalized spacial score (nSPS) is 20.7. The molecule has 0 aliphatic carbocycles. The monoisotopic (exact) mass is 621 g/mol. The van der Waals surface area contributed by atoms with E-state index in [2.05, 4.69) is 101 Å². The van der Waals surface area contributed by atoms with Crippen molar-refractivity contribution in [3.63, 3.8) is 0 Å². The molecule has 0 radical (unpaired) electrons. The first kappa shape index (κ1) is 27.2. The van der Waals surface area contributed by atoms with E-state index in [0.29, 0.717) is 13.0 Å². The van der Waals surface area contributed by atoms with Crippen molar-refractivity contribution < 1.29 is 18.7 Å². The van der Waals surface area contributed by atoms with Crippen LogP contribution in [0.15, 0.2) is 42.9 Å². The van der Waals surface area contributed by atoms with Crippen molar-refractivity contribution in [3.05, 3.63) is 57.7 Å². The number of rotatable bonds is 8. The Kier molecular flexibility index (Phi) is 8.23. The first-order chi connectivity index (χ1) is 17.0. The van der Waals surface area contributed by atoms with Gasteiger partial charge in [0.05, 0.1) is 17.7 Å². The van der Waals surface area contributed by atoms with Crippen LogP contribution in [0.5, 0.6) is 0 Å². The van der Waals surface area contributed by atoms with Gasteiger partial charge in [-0.3, -0.25) is 4.79 Å². The molecule has 1 aliphatic rings. The fraction of sp³-hybridized carbons (Fsp3) is 0.519. The first-order valence-electron chi connectivity index (χ1n) is 12.5. The quantitative estimate of drug-likeness (QED) is 0.173. The number of carbonyl (C=O) groups excluding carboxylic acids is 1. The number of carbonyl (C=O) groups is 1. The van der Waals surface area contributed by atoms with E-state index in [0.717, 1.165) is 33.1 Å². The van der Waals surface area contributed by atoms with Crippen LogP contribution in [0.4, 0.5) is 0 Å². The molecule has 36 heavy (non-hydrogen) atoms. The van der Waals surface area contributed by atoms with E-state index in [9.17, 15) is 4.79 Å². The fourth-order valence-corrected chi connectivity index (χ4v) is 6.15. The average molecular weight is 622 g/mol. The number of halogens is 1. The molecule has 3 heterocycles. The summed E-state index contributed by atoms with van der Waals surface area (Å²) in [6.45, 7) is 12.9. The molecule has 3 atom stereocenters. The molecule has 194 valence electrons. The zero-order valence-electron chi connectivity index (χ0n) is 22.0. The predicted octanol–water partition coefficient (Wildman–Crippen LogP) is 6.06. The molecule has 0 bridgehead atoms. The largest absolute Gasteiger partial charge is 0.460 e. The SMILES string of the molecule is CC(=O)OC1CC(n2cc(I)c3c(CCc4ccccc4)ncnc32)OC1CO[Si](C)(C)C(C)(C)C. The topological polar surface area (TPSA) is 75.5 Å². The molecule has 1 aliphatic heterocycles. The number of benzene rings is 1. The van der Waals surface area contributed by atoms with Gasteiger partial charge in [0, 0.05) is 23.1 Å². The highest BCUT2D eigenvalue weighted by Gasteiger charge is 2.43. The van der Waals surface area contributed by atoms with Gasteiger partial charge in [-0.2, -0.15) is 0 Å². The van der Waals surface area contributed by atoms with E-state index in [1.165, 1.54) is 12.5 Å². The van der Waals surface area contributed by atoms with Crippen LogP contribution in [-0.4, -0.2) is 47.6 Å². The van der Waals surface area contributed by atoms with E-state index in [-0.39, 0.29) is 29.4 Å². The van der Waals surface area contributed by atoms with Crippen molar-refractivity contribution in [3.8, 4) is 0 Å². The molecule has 1 aromatic carbocycles. The summed E-state index contributed by atoms with van der Waals surface area (Å²) in [5.74, 6) is -0.306. The number of aryl methyl sites for hydroxylation is 2. The summed E-state index contributed by atoms with van der Waals surface area (Å²) >= 11 is 2.35. The van der Waals surface area contributed by atoms with Gasteiger partial charge in [0.1, 0.15) is 30.4 Å². The van der Waals surface area contributed by atoms with E-state index >= 15 is 0 Å². The zero-order chi connectivity index (χ0) is 26.1. The minimum atomic E-state index is -1.98. The molecule has 3 aromatic rings. The third kappa shape index (κ3) is 6.00. The van der Waals surface area contributed by atoms with Crippen LogP contribution in [0.2, 0.25) is 18.1 Å². The van der Waals surface area contributed by atoms with Gasteiger partial charge in [-0.05, 0) is 59.1 Å². The Bertz CT molecular complexity index is 1210. The molecular weight excluding hydrogens is 585 g/mol. The van der Waals surface area contributed by atoms with Gasteiger partial charge in [-0.1, -0.05) is 51.1 Å². The van der Waals surface area contributed by atoms with Crippen LogP contribution in [-0.2, 0) is 31.5 Å². The minimum Gasteiger partial charge on any atom is -0.460 e. The van der Waals surface area contributed by atoms with Crippen LogP contribution in [0, 0.1) is 3.57 Å². The van der Waals surface area contributed by atoms with Crippen molar-refractivity contribution in [2.45, 2.75) is 83.5 Å². The highest BCUT2D eigenvalue weighted by Crippen LogP contribution is 2.39.